The first-order chi connectivity index (χ1) is 11.7. The predicted octanol–water partition coefficient (Wildman–Crippen LogP) is 3.36. The third-order valence-electron chi connectivity index (χ3n) is 4.11. The van der Waals surface area contributed by atoms with Crippen LogP contribution in [0.1, 0.15) is 36.3 Å². The highest BCUT2D eigenvalue weighted by Crippen LogP contribution is 2.24. The summed E-state index contributed by atoms with van der Waals surface area (Å²) in [5.41, 5.74) is 2.38. The van der Waals surface area contributed by atoms with Crippen molar-refractivity contribution in [2.45, 2.75) is 31.6 Å². The van der Waals surface area contributed by atoms with E-state index >= 15 is 0 Å². The maximum absolute atomic E-state index is 12.0. The molecule has 0 radical (unpaired) electrons. The highest BCUT2D eigenvalue weighted by atomic mass is 32.1. The van der Waals surface area contributed by atoms with E-state index < -0.39 is 0 Å². The number of hydrogen-bond donors (Lipinski definition) is 2. The van der Waals surface area contributed by atoms with Crippen LogP contribution in [-0.2, 0) is 11.2 Å². The molecular formula is C19H25NO3S. The van der Waals surface area contributed by atoms with E-state index in [1.165, 1.54) is 5.56 Å². The van der Waals surface area contributed by atoms with Crippen LogP contribution < -0.4 is 10.1 Å². The molecule has 1 amide bonds. The SMILES string of the molecule is COc1ccc(CCC(=O)NCCC(CCO)c2ccsc2)cc1. The standard InChI is InChI=1S/C19H25NO3S/c1-23-18-5-2-15(3-6-18)4-7-19(22)20-11-8-16(9-12-21)17-10-13-24-14-17/h2-3,5-6,10,13-14,16,21H,4,7-9,11-12H2,1H3,(H,20,22). The van der Waals surface area contributed by atoms with Gasteiger partial charge >= 0.3 is 0 Å². The molecule has 0 saturated carbocycles. The predicted molar refractivity (Wildman–Crippen MR) is 97.7 cm³/mol. The third-order valence-corrected chi connectivity index (χ3v) is 4.81. The maximum atomic E-state index is 12.0. The number of thiophene rings is 1. The first-order valence-corrected chi connectivity index (χ1v) is 9.19. The second kappa shape index (κ2) is 10.1. The van der Waals surface area contributed by atoms with Gasteiger partial charge in [0.1, 0.15) is 5.75 Å². The number of methoxy groups -OCH3 is 1. The summed E-state index contributed by atoms with van der Waals surface area (Å²) < 4.78 is 5.12. The van der Waals surface area contributed by atoms with E-state index in [4.69, 9.17) is 4.74 Å². The fourth-order valence-electron chi connectivity index (χ4n) is 2.67. The molecule has 0 aliphatic heterocycles. The molecule has 1 unspecified atom stereocenters. The first-order valence-electron chi connectivity index (χ1n) is 8.25. The number of carbonyl (C=O) groups is 1. The van der Waals surface area contributed by atoms with Crippen LogP contribution >= 0.6 is 11.3 Å². The summed E-state index contributed by atoms with van der Waals surface area (Å²) in [6.07, 6.45) is 2.79. The van der Waals surface area contributed by atoms with Crippen molar-refractivity contribution in [1.82, 2.24) is 5.32 Å². The fourth-order valence-corrected chi connectivity index (χ4v) is 3.41. The molecule has 0 spiro atoms. The molecule has 0 bridgehead atoms. The Bertz CT molecular complexity index is 596. The van der Waals surface area contributed by atoms with Gasteiger partial charge in [0.05, 0.1) is 7.11 Å². The molecular weight excluding hydrogens is 322 g/mol. The van der Waals surface area contributed by atoms with Gasteiger partial charge in [-0.1, -0.05) is 12.1 Å². The lowest BCUT2D eigenvalue weighted by atomic mass is 9.95. The Morgan fingerprint density at radius 2 is 2.04 bits per heavy atom. The van der Waals surface area contributed by atoms with E-state index in [9.17, 15) is 9.90 Å². The Labute approximate surface area is 147 Å². The molecule has 5 heteroatoms. The Balaban J connectivity index is 1.70. The van der Waals surface area contributed by atoms with Crippen LogP contribution in [-0.4, -0.2) is 31.3 Å². The minimum absolute atomic E-state index is 0.0684. The zero-order valence-corrected chi connectivity index (χ0v) is 14.8. The molecule has 1 aromatic carbocycles. The molecule has 0 aliphatic rings. The molecule has 2 N–H and O–H groups in total. The summed E-state index contributed by atoms with van der Waals surface area (Å²) in [7, 11) is 1.64. The van der Waals surface area contributed by atoms with Crippen LogP contribution in [0.15, 0.2) is 41.1 Å². The quantitative estimate of drug-likeness (QED) is 0.693. The largest absolute Gasteiger partial charge is 0.497 e. The molecule has 0 fully saturated rings. The topological polar surface area (TPSA) is 58.6 Å². The molecule has 0 aliphatic carbocycles. The number of hydrogen-bond acceptors (Lipinski definition) is 4. The normalized spacial score (nSPS) is 11.9. The van der Waals surface area contributed by atoms with Gasteiger partial charge in [0.25, 0.3) is 0 Å². The van der Waals surface area contributed by atoms with Gasteiger partial charge in [0.15, 0.2) is 0 Å². The van der Waals surface area contributed by atoms with Gasteiger partial charge in [-0.15, -0.1) is 0 Å². The molecule has 2 rings (SSSR count). The third kappa shape index (κ3) is 5.98. The van der Waals surface area contributed by atoms with Crippen molar-refractivity contribution >= 4 is 17.2 Å². The summed E-state index contributed by atoms with van der Waals surface area (Å²) in [6.45, 7) is 0.813. The van der Waals surface area contributed by atoms with Crippen molar-refractivity contribution in [3.63, 3.8) is 0 Å². The monoisotopic (exact) mass is 347 g/mol. The Kier molecular flexibility index (Phi) is 7.79. The number of aliphatic hydroxyl groups excluding tert-OH is 1. The fraction of sp³-hybridized carbons (Fsp3) is 0.421. The number of aryl methyl sites for hydroxylation is 1. The van der Waals surface area contributed by atoms with Crippen molar-refractivity contribution in [1.29, 1.82) is 0 Å². The zero-order chi connectivity index (χ0) is 17.2. The van der Waals surface area contributed by atoms with Crippen LogP contribution in [0.5, 0.6) is 5.75 Å². The van der Waals surface area contributed by atoms with Gasteiger partial charge in [-0.25, -0.2) is 0 Å². The average molecular weight is 347 g/mol. The molecule has 2 aromatic rings. The molecule has 1 atom stereocenters. The smallest absolute Gasteiger partial charge is 0.220 e. The van der Waals surface area contributed by atoms with E-state index in [0.717, 1.165) is 30.6 Å². The van der Waals surface area contributed by atoms with E-state index in [1.54, 1.807) is 18.4 Å². The average Bonchev–Trinajstić information content (AvgIpc) is 3.14. The number of nitrogens with one attached hydrogen (secondary N) is 1. The molecule has 4 nitrogen and oxygen atoms in total. The van der Waals surface area contributed by atoms with Gasteiger partial charge in [-0.3, -0.25) is 4.79 Å². The Morgan fingerprint density at radius 3 is 2.67 bits per heavy atom. The lowest BCUT2D eigenvalue weighted by molar-refractivity contribution is -0.121. The minimum atomic E-state index is 0.0684. The number of aliphatic hydroxyl groups is 1. The van der Waals surface area contributed by atoms with Crippen molar-refractivity contribution < 1.29 is 14.6 Å². The van der Waals surface area contributed by atoms with Crippen LogP contribution in [0.2, 0.25) is 0 Å². The van der Waals surface area contributed by atoms with Gasteiger partial charge in [-0.05, 0) is 65.3 Å². The van der Waals surface area contributed by atoms with Gasteiger partial charge < -0.3 is 15.2 Å². The van der Waals surface area contributed by atoms with Crippen LogP contribution in [0.3, 0.4) is 0 Å². The van der Waals surface area contributed by atoms with E-state index in [-0.39, 0.29) is 12.5 Å². The lowest BCUT2D eigenvalue weighted by Gasteiger charge is -2.15. The number of carbonyl (C=O) groups excluding carboxylic acids is 1. The van der Waals surface area contributed by atoms with Gasteiger partial charge in [0.2, 0.25) is 5.91 Å². The van der Waals surface area contributed by atoms with Crippen molar-refractivity contribution in [3.05, 3.63) is 52.2 Å². The molecule has 130 valence electrons. The number of rotatable bonds is 10. The van der Waals surface area contributed by atoms with E-state index in [1.807, 2.05) is 29.6 Å². The number of benzene rings is 1. The highest BCUT2D eigenvalue weighted by molar-refractivity contribution is 7.07. The summed E-state index contributed by atoms with van der Waals surface area (Å²) >= 11 is 1.66. The van der Waals surface area contributed by atoms with Gasteiger partial charge in [-0.2, -0.15) is 11.3 Å². The van der Waals surface area contributed by atoms with E-state index in [0.29, 0.717) is 18.9 Å². The maximum Gasteiger partial charge on any atom is 0.220 e. The minimum Gasteiger partial charge on any atom is -0.497 e. The Morgan fingerprint density at radius 1 is 1.25 bits per heavy atom. The Hall–Kier alpha value is -1.85. The summed E-state index contributed by atoms with van der Waals surface area (Å²) in [4.78, 5) is 12.0. The molecule has 24 heavy (non-hydrogen) atoms. The number of amides is 1. The zero-order valence-electron chi connectivity index (χ0n) is 14.0. The molecule has 0 saturated heterocycles. The van der Waals surface area contributed by atoms with Crippen molar-refractivity contribution in [2.75, 3.05) is 20.3 Å². The summed E-state index contributed by atoms with van der Waals surface area (Å²) in [6, 6.07) is 9.89. The highest BCUT2D eigenvalue weighted by Gasteiger charge is 2.12. The summed E-state index contributed by atoms with van der Waals surface area (Å²) in [5.74, 6) is 1.20. The van der Waals surface area contributed by atoms with Gasteiger partial charge in [0, 0.05) is 19.6 Å². The van der Waals surface area contributed by atoms with Crippen LogP contribution in [0, 0.1) is 0 Å². The van der Waals surface area contributed by atoms with Crippen LogP contribution in [0.25, 0.3) is 0 Å². The first kappa shape index (κ1) is 18.5. The molecule has 1 aromatic heterocycles. The second-order valence-electron chi connectivity index (χ2n) is 5.75. The van der Waals surface area contributed by atoms with Crippen molar-refractivity contribution in [2.24, 2.45) is 0 Å². The summed E-state index contributed by atoms with van der Waals surface area (Å²) in [5, 5.41) is 16.3. The van der Waals surface area contributed by atoms with Crippen LogP contribution in [0.4, 0.5) is 0 Å². The molecule has 1 heterocycles. The van der Waals surface area contributed by atoms with E-state index in [2.05, 4.69) is 16.8 Å². The number of ether oxygens (including phenoxy) is 1. The van der Waals surface area contributed by atoms with Crippen molar-refractivity contribution in [3.8, 4) is 5.75 Å². The lowest BCUT2D eigenvalue weighted by Crippen LogP contribution is -2.26. The second-order valence-corrected chi connectivity index (χ2v) is 6.53.